The summed E-state index contributed by atoms with van der Waals surface area (Å²) in [5, 5.41) is 5.53. The standard InChI is InChI=1S/C19H23BrF3N5/c1-11-6-13(20)7-12(2)17(11)28-5-3-4-14(10-28)26-19-25-8-15(21)18(27-19)24-9-16(22)23/h6-8,14,16H,3-5,9-10H2,1-2H3,(H2,24,25,26,27). The van der Waals surface area contributed by atoms with Gasteiger partial charge in [0.25, 0.3) is 6.43 Å². The minimum atomic E-state index is -2.59. The van der Waals surface area contributed by atoms with Gasteiger partial charge in [-0.15, -0.1) is 0 Å². The van der Waals surface area contributed by atoms with E-state index in [2.05, 4.69) is 67.4 Å². The molecule has 2 aromatic rings. The van der Waals surface area contributed by atoms with E-state index in [-0.39, 0.29) is 17.8 Å². The molecule has 1 aromatic heterocycles. The third-order valence-electron chi connectivity index (χ3n) is 4.69. The van der Waals surface area contributed by atoms with Gasteiger partial charge in [0.15, 0.2) is 11.6 Å². The van der Waals surface area contributed by atoms with Crippen LogP contribution in [0.15, 0.2) is 22.8 Å². The van der Waals surface area contributed by atoms with Crippen LogP contribution in [0.3, 0.4) is 0 Å². The van der Waals surface area contributed by atoms with E-state index in [0.717, 1.165) is 36.6 Å². The van der Waals surface area contributed by atoms with E-state index in [1.165, 1.54) is 16.8 Å². The van der Waals surface area contributed by atoms with Gasteiger partial charge in [-0.05, 0) is 49.9 Å². The van der Waals surface area contributed by atoms with Gasteiger partial charge in [-0.2, -0.15) is 4.98 Å². The molecular formula is C19H23BrF3N5. The van der Waals surface area contributed by atoms with E-state index in [0.29, 0.717) is 0 Å². The predicted molar refractivity (Wildman–Crippen MR) is 109 cm³/mol. The molecule has 2 N–H and O–H groups in total. The lowest BCUT2D eigenvalue weighted by Crippen LogP contribution is -2.43. The van der Waals surface area contributed by atoms with Crippen LogP contribution in [0.1, 0.15) is 24.0 Å². The quantitative estimate of drug-likeness (QED) is 0.655. The van der Waals surface area contributed by atoms with Crippen molar-refractivity contribution in [2.75, 3.05) is 35.2 Å². The molecule has 0 amide bonds. The monoisotopic (exact) mass is 457 g/mol. The van der Waals surface area contributed by atoms with Crippen molar-refractivity contribution in [3.8, 4) is 0 Å². The largest absolute Gasteiger partial charge is 0.369 e. The van der Waals surface area contributed by atoms with Crippen molar-refractivity contribution in [1.29, 1.82) is 0 Å². The number of aryl methyl sites for hydroxylation is 2. The number of rotatable bonds is 6. The van der Waals surface area contributed by atoms with E-state index >= 15 is 0 Å². The molecule has 0 spiro atoms. The van der Waals surface area contributed by atoms with Gasteiger partial charge in [-0.3, -0.25) is 0 Å². The number of benzene rings is 1. The Bertz CT molecular complexity index is 810. The van der Waals surface area contributed by atoms with Gasteiger partial charge >= 0.3 is 0 Å². The smallest absolute Gasteiger partial charge is 0.255 e. The lowest BCUT2D eigenvalue weighted by molar-refractivity contribution is 0.163. The Morgan fingerprint density at radius 1 is 1.29 bits per heavy atom. The normalized spacial score (nSPS) is 17.1. The second-order valence-corrected chi connectivity index (χ2v) is 7.90. The molecule has 0 saturated carbocycles. The highest BCUT2D eigenvalue weighted by Crippen LogP contribution is 2.31. The van der Waals surface area contributed by atoms with Crippen LogP contribution in [0, 0.1) is 19.7 Å². The highest BCUT2D eigenvalue weighted by atomic mass is 79.9. The van der Waals surface area contributed by atoms with Crippen molar-refractivity contribution >= 4 is 33.4 Å². The third-order valence-corrected chi connectivity index (χ3v) is 5.15. The average Bonchev–Trinajstić information content (AvgIpc) is 2.61. The first-order valence-electron chi connectivity index (χ1n) is 9.16. The van der Waals surface area contributed by atoms with Crippen molar-refractivity contribution < 1.29 is 13.2 Å². The molecule has 1 saturated heterocycles. The lowest BCUT2D eigenvalue weighted by Gasteiger charge is -2.36. The summed E-state index contributed by atoms with van der Waals surface area (Å²) in [6.07, 6.45) is 0.318. The molecule has 152 valence electrons. The first-order valence-corrected chi connectivity index (χ1v) is 9.95. The molecule has 5 nitrogen and oxygen atoms in total. The summed E-state index contributed by atoms with van der Waals surface area (Å²) in [5.74, 6) is -0.739. The number of anilines is 3. The van der Waals surface area contributed by atoms with Crippen molar-refractivity contribution in [2.45, 2.75) is 39.2 Å². The van der Waals surface area contributed by atoms with Crippen LogP contribution in [0.5, 0.6) is 0 Å². The second kappa shape index (κ2) is 8.98. The van der Waals surface area contributed by atoms with Gasteiger partial charge < -0.3 is 15.5 Å². The van der Waals surface area contributed by atoms with Crippen molar-refractivity contribution in [2.24, 2.45) is 0 Å². The van der Waals surface area contributed by atoms with Crippen LogP contribution in [0.25, 0.3) is 0 Å². The van der Waals surface area contributed by atoms with E-state index in [9.17, 15) is 13.2 Å². The number of aromatic nitrogens is 2. The molecule has 2 heterocycles. The Hall–Kier alpha value is -2.03. The van der Waals surface area contributed by atoms with Crippen molar-refractivity contribution in [3.63, 3.8) is 0 Å². The number of nitrogens with one attached hydrogen (secondary N) is 2. The highest BCUT2D eigenvalue weighted by molar-refractivity contribution is 9.10. The Morgan fingerprint density at radius 2 is 2.00 bits per heavy atom. The molecule has 1 aliphatic rings. The zero-order valence-corrected chi connectivity index (χ0v) is 17.4. The molecule has 1 unspecified atom stereocenters. The van der Waals surface area contributed by atoms with Crippen molar-refractivity contribution in [1.82, 2.24) is 9.97 Å². The molecule has 0 aliphatic carbocycles. The fourth-order valence-electron chi connectivity index (χ4n) is 3.62. The Labute approximate surface area is 170 Å². The van der Waals surface area contributed by atoms with E-state index in [4.69, 9.17) is 0 Å². The minimum Gasteiger partial charge on any atom is -0.369 e. The summed E-state index contributed by atoms with van der Waals surface area (Å²) in [7, 11) is 0. The average molecular weight is 458 g/mol. The maximum Gasteiger partial charge on any atom is 0.255 e. The molecule has 1 aromatic carbocycles. The van der Waals surface area contributed by atoms with Crippen LogP contribution < -0.4 is 15.5 Å². The van der Waals surface area contributed by atoms with E-state index in [1.807, 2.05) is 0 Å². The maximum absolute atomic E-state index is 13.7. The number of nitrogens with zero attached hydrogens (tertiary/aromatic N) is 3. The van der Waals surface area contributed by atoms with Gasteiger partial charge in [-0.25, -0.2) is 18.2 Å². The zero-order chi connectivity index (χ0) is 20.3. The minimum absolute atomic E-state index is 0.0737. The molecular weight excluding hydrogens is 435 g/mol. The van der Waals surface area contributed by atoms with Gasteiger partial charge in [0, 0.05) is 29.3 Å². The molecule has 1 aliphatic heterocycles. The van der Waals surface area contributed by atoms with Gasteiger partial charge in [0.1, 0.15) is 0 Å². The first-order chi connectivity index (χ1) is 13.3. The van der Waals surface area contributed by atoms with Gasteiger partial charge in [0.05, 0.1) is 12.7 Å². The number of halogens is 4. The Morgan fingerprint density at radius 3 is 2.68 bits per heavy atom. The third kappa shape index (κ3) is 5.06. The Kier molecular flexibility index (Phi) is 6.64. The Balaban J connectivity index is 1.71. The number of alkyl halides is 2. The maximum atomic E-state index is 13.7. The van der Waals surface area contributed by atoms with Crippen LogP contribution in [-0.4, -0.2) is 42.1 Å². The molecule has 3 rings (SSSR count). The van der Waals surface area contributed by atoms with Gasteiger partial charge in [0.2, 0.25) is 5.95 Å². The van der Waals surface area contributed by atoms with Crippen LogP contribution in [0.2, 0.25) is 0 Å². The fraction of sp³-hybridized carbons (Fsp3) is 0.474. The topological polar surface area (TPSA) is 53.1 Å². The first kappa shape index (κ1) is 20.7. The molecule has 0 radical (unpaired) electrons. The molecule has 1 fully saturated rings. The summed E-state index contributed by atoms with van der Waals surface area (Å²) >= 11 is 3.53. The second-order valence-electron chi connectivity index (χ2n) is 6.98. The summed E-state index contributed by atoms with van der Waals surface area (Å²) in [4.78, 5) is 10.3. The SMILES string of the molecule is Cc1cc(Br)cc(C)c1N1CCCC(Nc2ncc(F)c(NCC(F)F)n2)C1. The van der Waals surface area contributed by atoms with Gasteiger partial charge in [-0.1, -0.05) is 15.9 Å². The molecule has 9 heteroatoms. The number of piperidine rings is 1. The summed E-state index contributed by atoms with van der Waals surface area (Å²) in [6, 6.07) is 4.27. The molecule has 0 bridgehead atoms. The van der Waals surface area contributed by atoms with E-state index < -0.39 is 18.8 Å². The highest BCUT2D eigenvalue weighted by Gasteiger charge is 2.23. The summed E-state index contributed by atoms with van der Waals surface area (Å²) < 4.78 is 39.5. The zero-order valence-electron chi connectivity index (χ0n) is 15.8. The number of hydrogen-bond donors (Lipinski definition) is 2. The predicted octanol–water partition coefficient (Wildman–Crippen LogP) is 4.75. The summed E-state index contributed by atoms with van der Waals surface area (Å²) in [5.41, 5.74) is 3.61. The van der Waals surface area contributed by atoms with E-state index in [1.54, 1.807) is 0 Å². The van der Waals surface area contributed by atoms with Crippen molar-refractivity contribution in [3.05, 3.63) is 39.7 Å². The fourth-order valence-corrected chi connectivity index (χ4v) is 4.30. The number of hydrogen-bond acceptors (Lipinski definition) is 5. The molecule has 1 atom stereocenters. The van der Waals surface area contributed by atoms with Crippen LogP contribution in [0.4, 0.5) is 30.6 Å². The lowest BCUT2D eigenvalue weighted by atomic mass is 10.0. The van der Waals surface area contributed by atoms with Crippen LogP contribution in [-0.2, 0) is 0 Å². The van der Waals surface area contributed by atoms with Crippen LogP contribution >= 0.6 is 15.9 Å². The summed E-state index contributed by atoms with van der Waals surface area (Å²) in [6.45, 7) is 5.23. The molecule has 28 heavy (non-hydrogen) atoms.